The van der Waals surface area contributed by atoms with E-state index in [1.807, 2.05) is 19.0 Å². The van der Waals surface area contributed by atoms with Gasteiger partial charge in [0.2, 0.25) is 0 Å². The van der Waals surface area contributed by atoms with Gasteiger partial charge in [0.05, 0.1) is 52.4 Å². The summed E-state index contributed by atoms with van der Waals surface area (Å²) < 4.78 is 17.6. The zero-order valence-electron chi connectivity index (χ0n) is 19.7. The summed E-state index contributed by atoms with van der Waals surface area (Å²) in [6.07, 6.45) is 2.16. The van der Waals surface area contributed by atoms with E-state index >= 15 is 0 Å². The monoisotopic (exact) mass is 469 g/mol. The summed E-state index contributed by atoms with van der Waals surface area (Å²) in [7, 11) is 3.87. The molecule has 0 radical (unpaired) electrons. The van der Waals surface area contributed by atoms with Crippen molar-refractivity contribution in [3.05, 3.63) is 22.3 Å². The number of carbonyl (C=O) groups excluding carboxylic acids is 2. The molecule has 186 valence electrons. The van der Waals surface area contributed by atoms with Crippen LogP contribution in [0.1, 0.15) is 23.8 Å². The predicted molar refractivity (Wildman–Crippen MR) is 120 cm³/mol. The lowest BCUT2D eigenvalue weighted by atomic mass is 10.3. The fraction of sp³-hybridized carbons (Fsp3) is 0.789. The lowest BCUT2D eigenvalue weighted by molar-refractivity contribution is 0.0141. The number of rotatable bonds is 18. The van der Waals surface area contributed by atoms with Crippen LogP contribution in [-0.2, 0) is 20.8 Å². The van der Waals surface area contributed by atoms with E-state index in [2.05, 4.69) is 25.7 Å². The molecule has 1 rings (SSSR count). The minimum atomic E-state index is -0.484. The van der Waals surface area contributed by atoms with Crippen LogP contribution in [0.15, 0.2) is 11.3 Å². The van der Waals surface area contributed by atoms with E-state index in [4.69, 9.17) is 19.7 Å². The second-order valence-corrected chi connectivity index (χ2v) is 7.11. The quantitative estimate of drug-likeness (QED) is 0.143. The maximum Gasteiger partial charge on any atom is 0.324 e. The molecule has 14 nitrogen and oxygen atoms in total. The number of aromatic nitrogens is 3. The standard InChI is InChI=1S/C19H35N9O5/c1-4-21-19(30)28(8-5-7-26(2)3)18(29)17-16-27(25-23-17)9-11-32-13-15-33-14-12-31-10-6-22-24-20/h16H,4-15H2,1-3H3,(H,21,30). The number of urea groups is 1. The van der Waals surface area contributed by atoms with E-state index in [9.17, 15) is 9.59 Å². The molecule has 0 aromatic carbocycles. The Hall–Kier alpha value is -2.77. The van der Waals surface area contributed by atoms with Gasteiger partial charge in [-0.1, -0.05) is 10.3 Å². The van der Waals surface area contributed by atoms with Gasteiger partial charge in [0.25, 0.3) is 5.91 Å². The van der Waals surface area contributed by atoms with Crippen LogP contribution in [0.5, 0.6) is 0 Å². The maximum atomic E-state index is 12.8. The summed E-state index contributed by atoms with van der Waals surface area (Å²) in [5, 5.41) is 13.9. The second-order valence-electron chi connectivity index (χ2n) is 7.11. The number of imide groups is 1. The molecular formula is C19H35N9O5. The van der Waals surface area contributed by atoms with Gasteiger partial charge in [0.15, 0.2) is 5.69 Å². The Morgan fingerprint density at radius 3 is 2.42 bits per heavy atom. The van der Waals surface area contributed by atoms with E-state index in [1.165, 1.54) is 10.9 Å². The summed E-state index contributed by atoms with van der Waals surface area (Å²) in [5.74, 6) is -0.484. The molecule has 0 bridgehead atoms. The van der Waals surface area contributed by atoms with Gasteiger partial charge in [-0.25, -0.2) is 9.48 Å². The van der Waals surface area contributed by atoms with Gasteiger partial charge in [0, 0.05) is 24.5 Å². The molecule has 1 aromatic rings. The van der Waals surface area contributed by atoms with Crippen LogP contribution in [-0.4, -0.2) is 117 Å². The van der Waals surface area contributed by atoms with Crippen LogP contribution in [0.4, 0.5) is 4.79 Å². The van der Waals surface area contributed by atoms with Crippen molar-refractivity contribution in [1.82, 2.24) is 30.1 Å². The molecule has 0 aliphatic rings. The number of hydrogen-bond acceptors (Lipinski definition) is 9. The third kappa shape index (κ3) is 12.7. The smallest absolute Gasteiger partial charge is 0.324 e. The number of azide groups is 1. The number of nitrogens with one attached hydrogen (secondary N) is 1. The van der Waals surface area contributed by atoms with Crippen molar-refractivity contribution < 1.29 is 23.8 Å². The maximum absolute atomic E-state index is 12.8. The van der Waals surface area contributed by atoms with E-state index in [0.717, 1.165) is 11.4 Å². The summed E-state index contributed by atoms with van der Waals surface area (Å²) in [6, 6.07) is -0.444. The van der Waals surface area contributed by atoms with Gasteiger partial charge >= 0.3 is 6.03 Å². The first-order valence-electron chi connectivity index (χ1n) is 10.9. The molecule has 0 saturated heterocycles. The minimum Gasteiger partial charge on any atom is -0.379 e. The number of carbonyl (C=O) groups is 2. The SMILES string of the molecule is CCNC(=O)N(CCCN(C)C)C(=O)c1cn(CCOCCOCCOCCN=[N+]=[N-])nn1. The summed E-state index contributed by atoms with van der Waals surface area (Å²) in [4.78, 5) is 30.9. The fourth-order valence-electron chi connectivity index (χ4n) is 2.58. The predicted octanol–water partition coefficient (Wildman–Crippen LogP) is 0.762. The van der Waals surface area contributed by atoms with Crippen molar-refractivity contribution in [3.63, 3.8) is 0 Å². The Balaban J connectivity index is 2.31. The van der Waals surface area contributed by atoms with Crippen molar-refractivity contribution in [3.8, 4) is 0 Å². The molecule has 0 unspecified atom stereocenters. The fourth-order valence-corrected chi connectivity index (χ4v) is 2.58. The summed E-state index contributed by atoms with van der Waals surface area (Å²) in [6.45, 7) is 6.35. The van der Waals surface area contributed by atoms with Gasteiger partial charge in [-0.05, 0) is 39.5 Å². The first kappa shape index (κ1) is 28.3. The zero-order valence-corrected chi connectivity index (χ0v) is 19.7. The van der Waals surface area contributed by atoms with Gasteiger partial charge in [0.1, 0.15) is 0 Å². The van der Waals surface area contributed by atoms with Crippen LogP contribution in [0.3, 0.4) is 0 Å². The number of ether oxygens (including phenoxy) is 3. The van der Waals surface area contributed by atoms with Crippen molar-refractivity contribution in [2.45, 2.75) is 19.9 Å². The molecule has 1 N–H and O–H groups in total. The Bertz CT molecular complexity index is 737. The third-order valence-electron chi connectivity index (χ3n) is 4.17. The lowest BCUT2D eigenvalue weighted by Crippen LogP contribution is -2.45. The van der Waals surface area contributed by atoms with E-state index in [0.29, 0.717) is 65.7 Å². The van der Waals surface area contributed by atoms with Crippen molar-refractivity contribution in [2.24, 2.45) is 5.11 Å². The largest absolute Gasteiger partial charge is 0.379 e. The van der Waals surface area contributed by atoms with E-state index in [1.54, 1.807) is 6.92 Å². The molecule has 0 saturated carbocycles. The highest BCUT2D eigenvalue weighted by Crippen LogP contribution is 2.04. The Morgan fingerprint density at radius 2 is 1.79 bits per heavy atom. The van der Waals surface area contributed by atoms with Crippen LogP contribution in [0.2, 0.25) is 0 Å². The highest BCUT2D eigenvalue weighted by molar-refractivity contribution is 6.02. The van der Waals surface area contributed by atoms with E-state index in [-0.39, 0.29) is 12.2 Å². The molecule has 0 atom stereocenters. The van der Waals surface area contributed by atoms with Crippen LogP contribution < -0.4 is 5.32 Å². The Kier molecular flexibility index (Phi) is 15.2. The molecule has 0 aliphatic heterocycles. The molecule has 14 heteroatoms. The van der Waals surface area contributed by atoms with Crippen LogP contribution in [0, 0.1) is 0 Å². The molecule has 33 heavy (non-hydrogen) atoms. The average molecular weight is 470 g/mol. The second kappa shape index (κ2) is 17.7. The molecule has 1 aromatic heterocycles. The first-order chi connectivity index (χ1) is 16.0. The molecule has 0 fully saturated rings. The highest BCUT2D eigenvalue weighted by atomic mass is 16.5. The minimum absolute atomic E-state index is 0.106. The van der Waals surface area contributed by atoms with Gasteiger partial charge in [-0.2, -0.15) is 0 Å². The topological polar surface area (TPSA) is 160 Å². The molecule has 1 heterocycles. The lowest BCUT2D eigenvalue weighted by Gasteiger charge is -2.20. The van der Waals surface area contributed by atoms with E-state index < -0.39 is 11.9 Å². The van der Waals surface area contributed by atoms with Crippen LogP contribution >= 0.6 is 0 Å². The molecule has 0 aliphatic carbocycles. The van der Waals surface area contributed by atoms with Crippen molar-refractivity contribution in [1.29, 1.82) is 0 Å². The average Bonchev–Trinajstić information content (AvgIpc) is 3.26. The Morgan fingerprint density at radius 1 is 1.12 bits per heavy atom. The zero-order chi connectivity index (χ0) is 24.3. The van der Waals surface area contributed by atoms with Gasteiger partial charge < -0.3 is 24.4 Å². The van der Waals surface area contributed by atoms with Crippen molar-refractivity contribution in [2.75, 3.05) is 79.9 Å². The van der Waals surface area contributed by atoms with Crippen LogP contribution in [0.25, 0.3) is 10.4 Å². The summed E-state index contributed by atoms with van der Waals surface area (Å²) >= 11 is 0. The number of amides is 3. The first-order valence-corrected chi connectivity index (χ1v) is 10.9. The van der Waals surface area contributed by atoms with Gasteiger partial charge in [-0.3, -0.25) is 9.69 Å². The highest BCUT2D eigenvalue weighted by Gasteiger charge is 2.24. The third-order valence-corrected chi connectivity index (χ3v) is 4.17. The van der Waals surface area contributed by atoms with Gasteiger partial charge in [-0.15, -0.1) is 5.10 Å². The Labute approximate surface area is 193 Å². The van der Waals surface area contributed by atoms with Crippen molar-refractivity contribution >= 4 is 11.9 Å². The number of hydrogen-bond donors (Lipinski definition) is 1. The molecule has 0 spiro atoms. The number of nitrogens with zero attached hydrogens (tertiary/aromatic N) is 8. The summed E-state index contributed by atoms with van der Waals surface area (Å²) in [5.41, 5.74) is 8.24. The molecule has 3 amide bonds. The normalized spacial score (nSPS) is 10.8. The molecular weight excluding hydrogens is 434 g/mol.